The van der Waals surface area contributed by atoms with Gasteiger partial charge in [0.1, 0.15) is 27.7 Å². The number of β-lactam (4-membered cyclic amide) rings is 1. The second-order valence-electron chi connectivity index (χ2n) is 7.84. The van der Waals surface area contributed by atoms with Crippen molar-refractivity contribution < 1.29 is 24.7 Å². The summed E-state index contributed by atoms with van der Waals surface area (Å²) in [4.78, 5) is 47.8. The van der Waals surface area contributed by atoms with Crippen molar-refractivity contribution in [2.45, 2.75) is 26.1 Å². The largest absolute Gasteiger partial charge is 0.480 e. The molecule has 2 aliphatic heterocycles. The molecule has 0 aliphatic carbocycles. The monoisotopic (exact) mass is 569 g/mol. The molecule has 4 heterocycles. The Morgan fingerprint density at radius 1 is 1.39 bits per heavy atom. The molecule has 0 spiro atoms. The zero-order valence-corrected chi connectivity index (χ0v) is 22.0. The number of rotatable bonds is 10. The number of oxime groups is 1. The Bertz CT molecular complexity index is 1190. The number of amides is 2. The van der Waals surface area contributed by atoms with E-state index >= 15 is 0 Å². The summed E-state index contributed by atoms with van der Waals surface area (Å²) in [5.74, 6) is -0.457. The Morgan fingerprint density at radius 3 is 2.89 bits per heavy atom. The third-order valence-electron chi connectivity index (χ3n) is 5.45. The van der Waals surface area contributed by atoms with Gasteiger partial charge in [-0.1, -0.05) is 23.0 Å². The fourth-order valence-corrected chi connectivity index (χ4v) is 8.62. The van der Waals surface area contributed by atoms with Crippen molar-refractivity contribution in [1.29, 1.82) is 0 Å². The summed E-state index contributed by atoms with van der Waals surface area (Å²) in [6, 6.07) is 3.64. The first-order valence-corrected chi connectivity index (χ1v) is 14.5. The summed E-state index contributed by atoms with van der Waals surface area (Å²) in [5, 5.41) is 24.6. The fraction of sp³-hybridized carbons (Fsp3) is 0.400. The highest BCUT2D eigenvalue weighted by atomic mass is 32.2. The molecule has 0 bridgehead atoms. The Hall–Kier alpha value is -2.53. The van der Waals surface area contributed by atoms with Gasteiger partial charge < -0.3 is 32.0 Å². The van der Waals surface area contributed by atoms with E-state index in [9.17, 15) is 24.7 Å². The molecule has 12 nitrogen and oxygen atoms in total. The highest BCUT2D eigenvalue weighted by Crippen LogP contribution is 2.48. The van der Waals surface area contributed by atoms with Gasteiger partial charge in [-0.2, -0.15) is 11.8 Å². The molecule has 4 rings (SSSR count). The lowest BCUT2D eigenvalue weighted by Gasteiger charge is -2.53. The Morgan fingerprint density at radius 2 is 2.19 bits per heavy atom. The lowest BCUT2D eigenvalue weighted by atomic mass is 10.0. The predicted molar refractivity (Wildman–Crippen MR) is 140 cm³/mol. The zero-order valence-electron chi connectivity index (χ0n) is 18.7. The van der Waals surface area contributed by atoms with Gasteiger partial charge in [-0.15, -0.1) is 23.1 Å². The van der Waals surface area contributed by atoms with Crippen LogP contribution in [0.25, 0.3) is 0 Å². The van der Waals surface area contributed by atoms with Gasteiger partial charge in [0.15, 0.2) is 5.71 Å². The fourth-order valence-electron chi connectivity index (χ4n) is 3.66. The van der Waals surface area contributed by atoms with Crippen LogP contribution in [0.4, 0.5) is 5.82 Å². The van der Waals surface area contributed by atoms with E-state index in [1.807, 2.05) is 0 Å². The number of hydrogen-bond acceptors (Lipinski definition) is 13. The number of carbonyl (C=O) groups excluding carboxylic acids is 2. The number of nitrogen functional groups attached to an aromatic ring is 1. The molecule has 2 fully saturated rings. The first-order valence-electron chi connectivity index (χ1n) is 10.6. The molecular formula is C20H23N7O5S4. The number of anilines is 1. The molecule has 192 valence electrons. The molecule has 2 aliphatic rings. The lowest BCUT2D eigenvalue weighted by Crippen LogP contribution is -2.74. The van der Waals surface area contributed by atoms with Gasteiger partial charge in [-0.3, -0.25) is 14.4 Å². The number of carboxylic acids is 1. The number of aromatic nitrogens is 2. The van der Waals surface area contributed by atoms with Gasteiger partial charge in [-0.05, 0) is 12.1 Å². The average molecular weight is 570 g/mol. The maximum atomic E-state index is 12.9. The normalized spacial score (nSPS) is 23.6. The van der Waals surface area contributed by atoms with Gasteiger partial charge in [-0.25, -0.2) is 9.97 Å². The standard InChI is InChI=1S/C20H23N7O5S4/c21-4-5-33-6-11-18(35-9-23-11)36-20(19(30)31)7-27-16(29)14(17(27)34-8-20)25-15(28)13(26-32)10-2-1-3-12(22)24-10/h1-3,9,14,17,32H,4-8,21H2,(H2,22,24)(H,25,28)(H,30,31)/b26-13-/t14-,17-,20?/m1/s1. The van der Waals surface area contributed by atoms with Crippen LogP contribution >= 0.6 is 46.6 Å². The molecule has 7 N–H and O–H groups in total. The third kappa shape index (κ3) is 5.27. The van der Waals surface area contributed by atoms with E-state index in [4.69, 9.17) is 11.5 Å². The molecule has 2 aromatic rings. The maximum absolute atomic E-state index is 12.9. The molecular weight excluding hydrogens is 547 g/mol. The number of aliphatic carboxylic acids is 1. The average Bonchev–Trinajstić information content (AvgIpc) is 3.29. The Balaban J connectivity index is 1.43. The van der Waals surface area contributed by atoms with Crippen LogP contribution in [0.1, 0.15) is 11.4 Å². The van der Waals surface area contributed by atoms with Crippen molar-refractivity contribution in [3.63, 3.8) is 0 Å². The molecule has 36 heavy (non-hydrogen) atoms. The number of carbonyl (C=O) groups is 3. The van der Waals surface area contributed by atoms with Crippen LogP contribution in [-0.2, 0) is 20.1 Å². The quantitative estimate of drug-likeness (QED) is 0.0875. The van der Waals surface area contributed by atoms with Gasteiger partial charge >= 0.3 is 5.97 Å². The molecule has 1 unspecified atom stereocenters. The molecule has 16 heteroatoms. The number of fused-ring (bicyclic) bond motifs is 1. The van der Waals surface area contributed by atoms with Crippen molar-refractivity contribution in [1.82, 2.24) is 20.2 Å². The minimum Gasteiger partial charge on any atom is -0.480 e. The van der Waals surface area contributed by atoms with Crippen LogP contribution in [-0.4, -0.2) is 89.4 Å². The summed E-state index contributed by atoms with van der Waals surface area (Å²) in [6.45, 7) is 0.533. The highest BCUT2D eigenvalue weighted by molar-refractivity contribution is 8.06. The zero-order chi connectivity index (χ0) is 25.9. The van der Waals surface area contributed by atoms with E-state index in [1.54, 1.807) is 23.3 Å². The maximum Gasteiger partial charge on any atom is 0.322 e. The lowest BCUT2D eigenvalue weighted by molar-refractivity contribution is -0.151. The third-order valence-corrected chi connectivity index (χ3v) is 10.6. The first kappa shape index (κ1) is 26.5. The molecule has 2 aromatic heterocycles. The minimum absolute atomic E-state index is 0.0130. The summed E-state index contributed by atoms with van der Waals surface area (Å²) >= 11 is 5.49. The van der Waals surface area contributed by atoms with Crippen molar-refractivity contribution in [2.24, 2.45) is 10.9 Å². The van der Waals surface area contributed by atoms with Crippen molar-refractivity contribution in [3.8, 4) is 0 Å². The topological polar surface area (TPSA) is 197 Å². The second kappa shape index (κ2) is 11.2. The summed E-state index contributed by atoms with van der Waals surface area (Å²) in [6.07, 6.45) is 0. The molecule has 2 saturated heterocycles. The van der Waals surface area contributed by atoms with E-state index in [2.05, 4.69) is 20.4 Å². The summed E-state index contributed by atoms with van der Waals surface area (Å²) in [7, 11) is 0. The second-order valence-corrected chi connectivity index (χ2v) is 12.6. The van der Waals surface area contributed by atoms with E-state index < -0.39 is 33.9 Å². The molecule has 2 amide bonds. The number of thiazole rings is 1. The number of thioether (sulfide) groups is 3. The molecule has 0 radical (unpaired) electrons. The van der Waals surface area contributed by atoms with Crippen molar-refractivity contribution in [3.05, 3.63) is 35.1 Å². The van der Waals surface area contributed by atoms with Crippen LogP contribution in [0.2, 0.25) is 0 Å². The van der Waals surface area contributed by atoms with Crippen LogP contribution in [0.3, 0.4) is 0 Å². The molecule has 0 saturated carbocycles. The van der Waals surface area contributed by atoms with Gasteiger partial charge in [0.25, 0.3) is 5.91 Å². The minimum atomic E-state index is -1.26. The number of nitrogens with one attached hydrogen (secondary N) is 1. The Kier molecular flexibility index (Phi) is 8.29. The number of carboxylic acid groups (broad SMARTS) is 1. The van der Waals surface area contributed by atoms with Crippen LogP contribution < -0.4 is 16.8 Å². The van der Waals surface area contributed by atoms with Crippen molar-refractivity contribution in [2.75, 3.05) is 30.3 Å². The van der Waals surface area contributed by atoms with E-state index in [0.29, 0.717) is 12.3 Å². The highest BCUT2D eigenvalue weighted by Gasteiger charge is 2.58. The summed E-state index contributed by atoms with van der Waals surface area (Å²) in [5.41, 5.74) is 13.4. The first-order chi connectivity index (χ1) is 17.3. The number of hydrogen-bond donors (Lipinski definition) is 5. The van der Waals surface area contributed by atoms with E-state index in [0.717, 1.165) is 15.7 Å². The molecule has 0 aromatic carbocycles. The Labute approximate surface area is 222 Å². The SMILES string of the molecule is NCCSCc1ncsc1SC1(C(=O)O)CS[C@@H]2[C@H](NC(=O)/C(=N\O)c3cccc(N)n3)C(=O)N2C1. The van der Waals surface area contributed by atoms with Crippen LogP contribution in [0.15, 0.2) is 33.1 Å². The van der Waals surface area contributed by atoms with Crippen LogP contribution in [0, 0.1) is 0 Å². The molecule has 3 atom stereocenters. The van der Waals surface area contributed by atoms with Gasteiger partial charge in [0.05, 0.1) is 15.4 Å². The predicted octanol–water partition coefficient (Wildman–Crippen LogP) is 0.506. The number of nitrogens with zero attached hydrogens (tertiary/aromatic N) is 4. The van der Waals surface area contributed by atoms with Crippen molar-refractivity contribution >= 4 is 75.9 Å². The smallest absolute Gasteiger partial charge is 0.322 e. The number of nitrogens with two attached hydrogens (primary N) is 2. The summed E-state index contributed by atoms with van der Waals surface area (Å²) < 4.78 is -0.452. The number of pyridine rings is 1. The van der Waals surface area contributed by atoms with Crippen LogP contribution in [0.5, 0.6) is 0 Å². The van der Waals surface area contributed by atoms with Gasteiger partial charge in [0.2, 0.25) is 5.91 Å². The van der Waals surface area contributed by atoms with E-state index in [-0.39, 0.29) is 29.5 Å². The van der Waals surface area contributed by atoms with E-state index in [1.165, 1.54) is 51.9 Å². The van der Waals surface area contributed by atoms with Gasteiger partial charge in [0, 0.05) is 30.3 Å².